The molecule has 114 valence electrons. The third-order valence-electron chi connectivity index (χ3n) is 3.10. The summed E-state index contributed by atoms with van der Waals surface area (Å²) in [5.41, 5.74) is 1.80. The van der Waals surface area contributed by atoms with E-state index in [2.05, 4.69) is 10.3 Å². The van der Waals surface area contributed by atoms with E-state index in [1.807, 2.05) is 25.1 Å². The molecule has 1 unspecified atom stereocenters. The number of thiazole rings is 1. The van der Waals surface area contributed by atoms with Crippen molar-refractivity contribution in [2.75, 3.05) is 14.2 Å². The minimum atomic E-state index is -4.41. The van der Waals surface area contributed by atoms with E-state index >= 15 is 0 Å². The first-order valence-electron chi connectivity index (χ1n) is 6.21. The molecular weight excluding hydrogens is 301 g/mol. The van der Waals surface area contributed by atoms with Crippen LogP contribution in [0.1, 0.15) is 27.1 Å². The largest absolute Gasteiger partial charge is 0.496 e. The Kier molecular flexibility index (Phi) is 4.53. The zero-order valence-electron chi connectivity index (χ0n) is 11.8. The van der Waals surface area contributed by atoms with Crippen LogP contribution in [-0.2, 0) is 6.18 Å². The summed E-state index contributed by atoms with van der Waals surface area (Å²) in [6, 6.07) is 5.22. The van der Waals surface area contributed by atoms with Crippen LogP contribution in [0.25, 0.3) is 0 Å². The van der Waals surface area contributed by atoms with Crippen LogP contribution in [0.15, 0.2) is 24.4 Å². The van der Waals surface area contributed by atoms with Crippen LogP contribution in [0.4, 0.5) is 13.2 Å². The Hall–Kier alpha value is -1.60. The third-order valence-corrected chi connectivity index (χ3v) is 4.21. The lowest BCUT2D eigenvalue weighted by atomic mass is 10.0. The Balaban J connectivity index is 2.38. The molecule has 7 heteroatoms. The molecule has 21 heavy (non-hydrogen) atoms. The van der Waals surface area contributed by atoms with E-state index in [-0.39, 0.29) is 6.04 Å². The van der Waals surface area contributed by atoms with Gasteiger partial charge < -0.3 is 10.1 Å². The van der Waals surface area contributed by atoms with Gasteiger partial charge in [0, 0.05) is 11.1 Å². The maximum atomic E-state index is 12.7. The molecular formula is C14H15F3N2OS. The SMILES string of the molecule is CNC(c1ccc(C)c(OC)c1)c1cnc(C(F)(F)F)s1. The van der Waals surface area contributed by atoms with Gasteiger partial charge in [0.15, 0.2) is 5.01 Å². The lowest BCUT2D eigenvalue weighted by Gasteiger charge is -2.16. The first kappa shape index (κ1) is 15.8. The zero-order chi connectivity index (χ0) is 15.6. The molecule has 0 fully saturated rings. The minimum Gasteiger partial charge on any atom is -0.496 e. The fourth-order valence-corrected chi connectivity index (χ4v) is 2.96. The Labute approximate surface area is 124 Å². The topological polar surface area (TPSA) is 34.1 Å². The van der Waals surface area contributed by atoms with Crippen molar-refractivity contribution in [3.63, 3.8) is 0 Å². The average molecular weight is 316 g/mol. The Morgan fingerprint density at radius 1 is 1.33 bits per heavy atom. The quantitative estimate of drug-likeness (QED) is 0.932. The van der Waals surface area contributed by atoms with Gasteiger partial charge in [-0.3, -0.25) is 0 Å². The standard InChI is InChI=1S/C14H15F3N2OS/c1-8-4-5-9(6-10(8)20-3)12(18-2)11-7-19-13(21-11)14(15,16)17/h4-7,12,18H,1-3H3. The predicted molar refractivity (Wildman–Crippen MR) is 75.7 cm³/mol. The fraction of sp³-hybridized carbons (Fsp3) is 0.357. The summed E-state index contributed by atoms with van der Waals surface area (Å²) < 4.78 is 43.2. The number of benzene rings is 1. The van der Waals surface area contributed by atoms with Crippen molar-refractivity contribution in [3.8, 4) is 5.75 Å². The Bertz CT molecular complexity index is 625. The number of aromatic nitrogens is 1. The van der Waals surface area contributed by atoms with Gasteiger partial charge in [-0.15, -0.1) is 11.3 Å². The summed E-state index contributed by atoms with van der Waals surface area (Å²) in [7, 11) is 3.26. The first-order valence-corrected chi connectivity index (χ1v) is 7.03. The van der Waals surface area contributed by atoms with Crippen molar-refractivity contribution < 1.29 is 17.9 Å². The van der Waals surface area contributed by atoms with Crippen molar-refractivity contribution in [2.45, 2.75) is 19.1 Å². The highest BCUT2D eigenvalue weighted by Gasteiger charge is 2.35. The van der Waals surface area contributed by atoms with Crippen molar-refractivity contribution >= 4 is 11.3 Å². The number of halogens is 3. The van der Waals surface area contributed by atoms with E-state index in [0.717, 1.165) is 11.1 Å². The molecule has 0 saturated carbocycles. The van der Waals surface area contributed by atoms with E-state index in [1.165, 1.54) is 6.20 Å². The van der Waals surface area contributed by atoms with Crippen molar-refractivity contribution in [3.05, 3.63) is 45.4 Å². The monoisotopic (exact) mass is 316 g/mol. The van der Waals surface area contributed by atoms with Gasteiger partial charge in [0.2, 0.25) is 0 Å². The number of nitrogens with zero attached hydrogens (tertiary/aromatic N) is 1. The van der Waals surface area contributed by atoms with Crippen LogP contribution < -0.4 is 10.1 Å². The molecule has 1 aromatic carbocycles. The molecule has 0 aliphatic rings. The summed E-state index contributed by atoms with van der Waals surface area (Å²) in [6.07, 6.45) is -3.15. The third kappa shape index (κ3) is 3.36. The highest BCUT2D eigenvalue weighted by Crippen LogP contribution is 2.36. The summed E-state index contributed by atoms with van der Waals surface area (Å²) in [5.74, 6) is 0.702. The molecule has 0 amide bonds. The summed E-state index contributed by atoms with van der Waals surface area (Å²) in [5, 5.41) is 2.18. The molecule has 1 heterocycles. The number of rotatable bonds is 4. The molecule has 2 aromatic rings. The number of hydrogen-bond donors (Lipinski definition) is 1. The van der Waals surface area contributed by atoms with Gasteiger partial charge >= 0.3 is 6.18 Å². The molecule has 0 aliphatic heterocycles. The van der Waals surface area contributed by atoms with Crippen LogP contribution in [0.2, 0.25) is 0 Å². The minimum absolute atomic E-state index is 0.354. The number of hydrogen-bond acceptors (Lipinski definition) is 4. The van der Waals surface area contributed by atoms with E-state index in [1.54, 1.807) is 14.2 Å². The molecule has 2 rings (SSSR count). The van der Waals surface area contributed by atoms with E-state index in [4.69, 9.17) is 4.74 Å². The Morgan fingerprint density at radius 3 is 2.57 bits per heavy atom. The van der Waals surface area contributed by atoms with Gasteiger partial charge in [-0.2, -0.15) is 13.2 Å². The number of ether oxygens (including phenoxy) is 1. The van der Waals surface area contributed by atoms with Gasteiger partial charge in [0.05, 0.1) is 13.2 Å². The molecule has 0 aliphatic carbocycles. The van der Waals surface area contributed by atoms with Crippen LogP contribution in [0.3, 0.4) is 0 Å². The number of aryl methyl sites for hydroxylation is 1. The normalized spacial score (nSPS) is 13.2. The average Bonchev–Trinajstić information content (AvgIpc) is 2.91. The molecule has 0 bridgehead atoms. The first-order chi connectivity index (χ1) is 9.86. The molecule has 1 atom stereocenters. The highest BCUT2D eigenvalue weighted by atomic mass is 32.1. The fourth-order valence-electron chi connectivity index (χ4n) is 2.04. The number of alkyl halides is 3. The van der Waals surface area contributed by atoms with Crippen LogP contribution in [-0.4, -0.2) is 19.1 Å². The highest BCUT2D eigenvalue weighted by molar-refractivity contribution is 7.11. The number of nitrogens with one attached hydrogen (secondary N) is 1. The van der Waals surface area contributed by atoms with Gasteiger partial charge in [0.1, 0.15) is 5.75 Å². The molecule has 1 N–H and O–H groups in total. The second-order valence-corrected chi connectivity index (χ2v) is 5.58. The summed E-state index contributed by atoms with van der Waals surface area (Å²) >= 11 is 0.646. The second kappa shape index (κ2) is 6.03. The maximum Gasteiger partial charge on any atom is 0.443 e. The molecule has 0 spiro atoms. The van der Waals surface area contributed by atoms with Gasteiger partial charge in [-0.1, -0.05) is 12.1 Å². The van der Waals surface area contributed by atoms with Gasteiger partial charge in [0.25, 0.3) is 0 Å². The van der Waals surface area contributed by atoms with Gasteiger partial charge in [-0.25, -0.2) is 4.98 Å². The smallest absolute Gasteiger partial charge is 0.443 e. The molecule has 3 nitrogen and oxygen atoms in total. The van der Waals surface area contributed by atoms with Crippen molar-refractivity contribution in [1.82, 2.24) is 10.3 Å². The van der Waals surface area contributed by atoms with Crippen LogP contribution >= 0.6 is 11.3 Å². The van der Waals surface area contributed by atoms with Crippen molar-refractivity contribution in [2.24, 2.45) is 0 Å². The summed E-state index contributed by atoms with van der Waals surface area (Å²) in [6.45, 7) is 1.91. The van der Waals surface area contributed by atoms with Crippen molar-refractivity contribution in [1.29, 1.82) is 0 Å². The second-order valence-electron chi connectivity index (χ2n) is 4.52. The van der Waals surface area contributed by atoms with E-state index in [0.29, 0.717) is 22.0 Å². The van der Waals surface area contributed by atoms with Gasteiger partial charge in [-0.05, 0) is 31.2 Å². The van der Waals surface area contributed by atoms with E-state index in [9.17, 15) is 13.2 Å². The lowest BCUT2D eigenvalue weighted by Crippen LogP contribution is -2.16. The van der Waals surface area contributed by atoms with E-state index < -0.39 is 11.2 Å². The Morgan fingerprint density at radius 2 is 2.05 bits per heavy atom. The van der Waals surface area contributed by atoms with Crippen LogP contribution in [0.5, 0.6) is 5.75 Å². The molecule has 1 aromatic heterocycles. The maximum absolute atomic E-state index is 12.7. The predicted octanol–water partition coefficient (Wildman–Crippen LogP) is 3.79. The summed E-state index contributed by atoms with van der Waals surface area (Å²) in [4.78, 5) is 3.97. The lowest BCUT2D eigenvalue weighted by molar-refractivity contribution is -0.137. The van der Waals surface area contributed by atoms with Crippen LogP contribution in [0, 0.1) is 6.92 Å². The zero-order valence-corrected chi connectivity index (χ0v) is 12.6. The molecule has 0 saturated heterocycles. The molecule has 0 radical (unpaired) electrons. The number of methoxy groups -OCH3 is 1.